The number of esters is 1. The fraction of sp³-hybridized carbons (Fsp3) is 0.294. The predicted octanol–water partition coefficient (Wildman–Crippen LogP) is 2.37. The number of benzene rings is 1. The molecule has 7 nitrogen and oxygen atoms in total. The van der Waals surface area contributed by atoms with Crippen LogP contribution >= 0.6 is 11.3 Å². The maximum absolute atomic E-state index is 13.7. The van der Waals surface area contributed by atoms with Crippen LogP contribution in [0.15, 0.2) is 24.4 Å². The third-order valence-corrected chi connectivity index (χ3v) is 4.98. The Morgan fingerprint density at radius 1 is 1.42 bits per heavy atom. The van der Waals surface area contributed by atoms with E-state index in [1.807, 2.05) is 0 Å². The number of carbonyl (C=O) groups excluding carboxylic acids is 3. The monoisotopic (exact) mass is 377 g/mol. The first-order chi connectivity index (χ1) is 12.4. The minimum atomic E-state index is -0.586. The van der Waals surface area contributed by atoms with Gasteiger partial charge in [-0.15, -0.1) is 0 Å². The summed E-state index contributed by atoms with van der Waals surface area (Å²) in [5.41, 5.74) is 0.912. The van der Waals surface area contributed by atoms with Crippen molar-refractivity contribution in [1.82, 2.24) is 4.98 Å². The zero-order valence-corrected chi connectivity index (χ0v) is 14.9. The maximum Gasteiger partial charge on any atom is 0.349 e. The molecule has 1 atom stereocenters. The molecule has 1 aliphatic heterocycles. The van der Waals surface area contributed by atoms with E-state index in [2.05, 4.69) is 15.0 Å². The van der Waals surface area contributed by atoms with Crippen molar-refractivity contribution >= 4 is 39.9 Å². The topological polar surface area (TPSA) is 88.6 Å². The van der Waals surface area contributed by atoms with Gasteiger partial charge in [-0.05, 0) is 24.6 Å². The lowest BCUT2D eigenvalue weighted by Gasteiger charge is -2.17. The molecule has 1 aromatic heterocycles. The van der Waals surface area contributed by atoms with Gasteiger partial charge in [0.25, 0.3) is 0 Å². The molecule has 0 aliphatic carbocycles. The van der Waals surface area contributed by atoms with Gasteiger partial charge in [-0.2, -0.15) is 0 Å². The Kier molecular flexibility index (Phi) is 4.99. The minimum Gasteiger partial charge on any atom is -0.465 e. The van der Waals surface area contributed by atoms with Crippen LogP contribution in [0, 0.1) is 18.7 Å². The fourth-order valence-corrected chi connectivity index (χ4v) is 3.35. The van der Waals surface area contributed by atoms with Gasteiger partial charge in [0.15, 0.2) is 5.13 Å². The maximum atomic E-state index is 13.7. The van der Waals surface area contributed by atoms with Crippen LogP contribution in [-0.2, 0) is 14.3 Å². The Bertz CT molecular complexity index is 883. The van der Waals surface area contributed by atoms with Crippen molar-refractivity contribution < 1.29 is 23.5 Å². The van der Waals surface area contributed by atoms with Gasteiger partial charge in [0.2, 0.25) is 11.8 Å². The molecule has 2 aromatic rings. The number of nitrogens with zero attached hydrogens (tertiary/aromatic N) is 2. The molecule has 1 aliphatic rings. The Labute approximate surface area is 152 Å². The molecule has 3 rings (SSSR count). The van der Waals surface area contributed by atoms with E-state index in [1.54, 1.807) is 19.1 Å². The third kappa shape index (κ3) is 3.57. The van der Waals surface area contributed by atoms with E-state index in [0.717, 1.165) is 11.3 Å². The van der Waals surface area contributed by atoms with Crippen molar-refractivity contribution in [3.63, 3.8) is 0 Å². The van der Waals surface area contributed by atoms with Gasteiger partial charge in [-0.1, -0.05) is 17.4 Å². The number of aryl methyl sites for hydroxylation is 1. The largest absolute Gasteiger partial charge is 0.465 e. The average molecular weight is 377 g/mol. The molecule has 9 heteroatoms. The van der Waals surface area contributed by atoms with Gasteiger partial charge in [-0.3, -0.25) is 9.59 Å². The number of amides is 2. The SMILES string of the molecule is COC(=O)c1cnc(NC(=O)C2CC(=O)N(c3ccc(C)c(F)c3)C2)s1. The van der Waals surface area contributed by atoms with Crippen molar-refractivity contribution in [3.05, 3.63) is 40.7 Å². The number of aromatic nitrogens is 1. The van der Waals surface area contributed by atoms with E-state index in [9.17, 15) is 18.8 Å². The summed E-state index contributed by atoms with van der Waals surface area (Å²) in [4.78, 5) is 41.6. The Hall–Kier alpha value is -2.81. The molecule has 0 saturated carbocycles. The molecule has 1 aromatic carbocycles. The van der Waals surface area contributed by atoms with Crippen LogP contribution in [-0.4, -0.2) is 36.4 Å². The molecule has 2 heterocycles. The van der Waals surface area contributed by atoms with Crippen molar-refractivity contribution in [1.29, 1.82) is 0 Å². The summed E-state index contributed by atoms with van der Waals surface area (Å²) < 4.78 is 18.3. The highest BCUT2D eigenvalue weighted by Gasteiger charge is 2.35. The Morgan fingerprint density at radius 2 is 2.19 bits per heavy atom. The van der Waals surface area contributed by atoms with Crippen LogP contribution in [0.2, 0.25) is 0 Å². The van der Waals surface area contributed by atoms with E-state index in [1.165, 1.54) is 24.3 Å². The summed E-state index contributed by atoms with van der Waals surface area (Å²) in [5.74, 6) is -2.15. The Morgan fingerprint density at radius 3 is 2.88 bits per heavy atom. The molecule has 1 unspecified atom stereocenters. The van der Waals surface area contributed by atoms with Crippen LogP contribution in [0.4, 0.5) is 15.2 Å². The number of ether oxygens (including phenoxy) is 1. The molecule has 0 radical (unpaired) electrons. The molecule has 1 saturated heterocycles. The number of nitrogens with one attached hydrogen (secondary N) is 1. The minimum absolute atomic E-state index is 0.0244. The van der Waals surface area contributed by atoms with Gasteiger partial charge in [0, 0.05) is 18.7 Å². The van der Waals surface area contributed by atoms with Crippen molar-refractivity contribution in [2.45, 2.75) is 13.3 Å². The van der Waals surface area contributed by atoms with Crippen molar-refractivity contribution in [2.75, 3.05) is 23.9 Å². The number of thiazole rings is 1. The van der Waals surface area contributed by atoms with Gasteiger partial charge >= 0.3 is 5.97 Å². The molecule has 0 bridgehead atoms. The molecule has 2 amide bonds. The summed E-state index contributed by atoms with van der Waals surface area (Å²) in [5, 5.41) is 2.86. The highest BCUT2D eigenvalue weighted by molar-refractivity contribution is 7.17. The molecule has 1 fully saturated rings. The number of rotatable bonds is 4. The number of hydrogen-bond acceptors (Lipinski definition) is 6. The van der Waals surface area contributed by atoms with Crippen LogP contribution in [0.25, 0.3) is 0 Å². The summed E-state index contributed by atoms with van der Waals surface area (Å²) in [6, 6.07) is 4.53. The Balaban J connectivity index is 1.68. The molecule has 1 N–H and O–H groups in total. The van der Waals surface area contributed by atoms with Crippen molar-refractivity contribution in [2.24, 2.45) is 5.92 Å². The van der Waals surface area contributed by atoms with Crippen LogP contribution < -0.4 is 10.2 Å². The van der Waals surface area contributed by atoms with E-state index in [4.69, 9.17) is 0 Å². The highest BCUT2D eigenvalue weighted by Crippen LogP contribution is 2.28. The quantitative estimate of drug-likeness (QED) is 0.827. The van der Waals surface area contributed by atoms with E-state index in [0.29, 0.717) is 11.3 Å². The zero-order valence-electron chi connectivity index (χ0n) is 14.1. The van der Waals surface area contributed by atoms with Crippen molar-refractivity contribution in [3.8, 4) is 0 Å². The fourth-order valence-electron chi connectivity index (χ4n) is 2.62. The van der Waals surface area contributed by atoms with E-state index in [-0.39, 0.29) is 34.8 Å². The highest BCUT2D eigenvalue weighted by atomic mass is 32.1. The van der Waals surface area contributed by atoms with Gasteiger partial charge in [-0.25, -0.2) is 14.2 Å². The number of methoxy groups -OCH3 is 1. The van der Waals surface area contributed by atoms with Crippen LogP contribution in [0.5, 0.6) is 0 Å². The number of halogens is 1. The molecular weight excluding hydrogens is 361 g/mol. The first-order valence-electron chi connectivity index (χ1n) is 7.80. The van der Waals surface area contributed by atoms with Crippen LogP contribution in [0.1, 0.15) is 21.7 Å². The summed E-state index contributed by atoms with van der Waals surface area (Å²) >= 11 is 0.988. The molecule has 136 valence electrons. The second kappa shape index (κ2) is 7.20. The summed E-state index contributed by atoms with van der Waals surface area (Å²) in [6.07, 6.45) is 1.34. The lowest BCUT2D eigenvalue weighted by molar-refractivity contribution is -0.122. The first-order valence-corrected chi connectivity index (χ1v) is 8.62. The lowest BCUT2D eigenvalue weighted by atomic mass is 10.1. The number of carbonyl (C=O) groups is 3. The summed E-state index contributed by atoms with van der Waals surface area (Å²) in [6.45, 7) is 1.79. The molecule has 26 heavy (non-hydrogen) atoms. The van der Waals surface area contributed by atoms with Gasteiger partial charge < -0.3 is 15.0 Å². The number of anilines is 2. The van der Waals surface area contributed by atoms with E-state index >= 15 is 0 Å². The predicted molar refractivity (Wildman–Crippen MR) is 93.7 cm³/mol. The summed E-state index contributed by atoms with van der Waals surface area (Å²) in [7, 11) is 1.26. The molecule has 0 spiro atoms. The lowest BCUT2D eigenvalue weighted by Crippen LogP contribution is -2.28. The normalized spacial score (nSPS) is 16.7. The van der Waals surface area contributed by atoms with Gasteiger partial charge in [0.1, 0.15) is 10.7 Å². The van der Waals surface area contributed by atoms with E-state index < -0.39 is 17.7 Å². The van der Waals surface area contributed by atoms with Crippen LogP contribution in [0.3, 0.4) is 0 Å². The second-order valence-electron chi connectivity index (χ2n) is 5.85. The second-order valence-corrected chi connectivity index (χ2v) is 6.88. The standard InChI is InChI=1S/C17H16FN3O4S/c1-9-3-4-11(6-12(9)18)21-8-10(5-14(21)22)15(23)20-17-19-7-13(26-17)16(24)25-2/h3-4,6-7,10H,5,8H2,1-2H3,(H,19,20,23). The average Bonchev–Trinajstić information content (AvgIpc) is 3.23. The zero-order chi connectivity index (χ0) is 18.8. The number of hydrogen-bond donors (Lipinski definition) is 1. The third-order valence-electron chi connectivity index (χ3n) is 4.09. The first kappa shape index (κ1) is 18.0. The van der Waals surface area contributed by atoms with Gasteiger partial charge in [0.05, 0.1) is 19.2 Å². The molecular formula is C17H16FN3O4S. The smallest absolute Gasteiger partial charge is 0.349 e.